The van der Waals surface area contributed by atoms with E-state index >= 15 is 0 Å². The number of benzene rings is 4. The van der Waals surface area contributed by atoms with E-state index in [1.54, 1.807) is 0 Å². The lowest BCUT2D eigenvalue weighted by molar-refractivity contribution is -0.000112. The van der Waals surface area contributed by atoms with Crippen LogP contribution in [0.4, 0.5) is 0 Å². The Morgan fingerprint density at radius 1 is 0.677 bits per heavy atom. The Bertz CT molecular complexity index is 1050. The van der Waals surface area contributed by atoms with E-state index in [2.05, 4.69) is 48.5 Å². The third kappa shape index (κ3) is 4.14. The summed E-state index contributed by atoms with van der Waals surface area (Å²) in [5.74, 6) is -0.195. The summed E-state index contributed by atoms with van der Waals surface area (Å²) >= 11 is 0. The van der Waals surface area contributed by atoms with Crippen molar-refractivity contribution in [1.82, 2.24) is 0 Å². The molecule has 0 heterocycles. The molecule has 0 fully saturated rings. The first kappa shape index (κ1) is 20.6. The maximum absolute atomic E-state index is 9.48. The summed E-state index contributed by atoms with van der Waals surface area (Å²) in [6, 6.07) is 41.4. The summed E-state index contributed by atoms with van der Waals surface area (Å²) in [6.07, 6.45) is 0. The van der Waals surface area contributed by atoms with E-state index in [1.807, 2.05) is 79.7 Å². The molecular formula is C29H25NO. The Morgan fingerprint density at radius 3 is 1.55 bits per heavy atom. The number of hydrogen-bond donors (Lipinski definition) is 0. The number of hydrogen-bond acceptors (Lipinski definition) is 2. The quantitative estimate of drug-likeness (QED) is 0.317. The van der Waals surface area contributed by atoms with Crippen molar-refractivity contribution in [2.45, 2.75) is 25.0 Å². The van der Waals surface area contributed by atoms with Crippen LogP contribution in [-0.2, 0) is 16.9 Å². The minimum absolute atomic E-state index is 0.195. The van der Waals surface area contributed by atoms with Gasteiger partial charge in [0.1, 0.15) is 5.60 Å². The van der Waals surface area contributed by atoms with Gasteiger partial charge >= 0.3 is 0 Å². The monoisotopic (exact) mass is 403 g/mol. The first-order valence-corrected chi connectivity index (χ1v) is 10.5. The fourth-order valence-electron chi connectivity index (χ4n) is 4.11. The highest BCUT2D eigenvalue weighted by molar-refractivity contribution is 5.47. The highest BCUT2D eigenvalue weighted by Crippen LogP contribution is 2.41. The van der Waals surface area contributed by atoms with Gasteiger partial charge in [0.2, 0.25) is 0 Å². The minimum atomic E-state index is -0.771. The van der Waals surface area contributed by atoms with Crippen LogP contribution in [-0.4, -0.2) is 0 Å². The van der Waals surface area contributed by atoms with Gasteiger partial charge in [-0.15, -0.1) is 0 Å². The molecule has 0 aliphatic carbocycles. The summed E-state index contributed by atoms with van der Waals surface area (Å²) in [6.45, 7) is 2.32. The molecule has 0 N–H and O–H groups in total. The summed E-state index contributed by atoms with van der Waals surface area (Å²) in [4.78, 5) is 0. The smallest absolute Gasteiger partial charge is 0.144 e. The zero-order chi connectivity index (χ0) is 21.5. The Hall–Kier alpha value is -3.67. The third-order valence-electron chi connectivity index (χ3n) is 5.70. The lowest BCUT2D eigenvalue weighted by atomic mass is 9.80. The first-order chi connectivity index (χ1) is 15.3. The van der Waals surface area contributed by atoms with Gasteiger partial charge in [-0.25, -0.2) is 0 Å². The molecule has 0 aliphatic heterocycles. The average molecular weight is 404 g/mol. The van der Waals surface area contributed by atoms with Crippen molar-refractivity contribution in [3.63, 3.8) is 0 Å². The van der Waals surface area contributed by atoms with Gasteiger partial charge in [0.05, 0.1) is 18.6 Å². The maximum atomic E-state index is 9.48. The third-order valence-corrected chi connectivity index (χ3v) is 5.70. The zero-order valence-electron chi connectivity index (χ0n) is 17.6. The summed E-state index contributed by atoms with van der Waals surface area (Å²) in [5.41, 5.74) is 4.47. The second-order valence-corrected chi connectivity index (χ2v) is 7.62. The van der Waals surface area contributed by atoms with Gasteiger partial charge in [0.15, 0.2) is 0 Å². The molecule has 0 aliphatic rings. The molecule has 0 bridgehead atoms. The van der Waals surface area contributed by atoms with Crippen molar-refractivity contribution in [3.05, 3.63) is 143 Å². The summed E-state index contributed by atoms with van der Waals surface area (Å²) in [5, 5.41) is 9.48. The van der Waals surface area contributed by atoms with E-state index in [4.69, 9.17) is 4.74 Å². The fourth-order valence-corrected chi connectivity index (χ4v) is 4.11. The van der Waals surface area contributed by atoms with Crippen LogP contribution in [0.25, 0.3) is 0 Å². The van der Waals surface area contributed by atoms with Crippen molar-refractivity contribution in [2.24, 2.45) is 0 Å². The van der Waals surface area contributed by atoms with Crippen molar-refractivity contribution in [2.75, 3.05) is 0 Å². The molecule has 0 radical (unpaired) electrons. The molecule has 152 valence electrons. The van der Waals surface area contributed by atoms with Crippen LogP contribution in [0.1, 0.15) is 40.7 Å². The van der Waals surface area contributed by atoms with Crippen LogP contribution in [0.15, 0.2) is 115 Å². The van der Waals surface area contributed by atoms with Crippen LogP contribution in [0, 0.1) is 11.3 Å². The Kier molecular flexibility index (Phi) is 6.26. The molecule has 2 heteroatoms. The predicted octanol–water partition coefficient (Wildman–Crippen LogP) is 6.82. The van der Waals surface area contributed by atoms with Gasteiger partial charge in [-0.05, 0) is 34.7 Å². The number of rotatable bonds is 7. The molecule has 2 nitrogen and oxygen atoms in total. The van der Waals surface area contributed by atoms with Crippen LogP contribution >= 0.6 is 0 Å². The van der Waals surface area contributed by atoms with E-state index in [-0.39, 0.29) is 5.92 Å². The molecule has 0 unspecified atom stereocenters. The van der Waals surface area contributed by atoms with E-state index in [0.29, 0.717) is 6.61 Å². The lowest BCUT2D eigenvalue weighted by Crippen LogP contribution is -2.33. The van der Waals surface area contributed by atoms with Gasteiger partial charge in [-0.2, -0.15) is 5.26 Å². The van der Waals surface area contributed by atoms with Gasteiger partial charge in [-0.1, -0.05) is 115 Å². The van der Waals surface area contributed by atoms with E-state index in [1.165, 1.54) is 0 Å². The highest BCUT2D eigenvalue weighted by Gasteiger charge is 2.37. The zero-order valence-corrected chi connectivity index (χ0v) is 17.6. The molecule has 31 heavy (non-hydrogen) atoms. The van der Waals surface area contributed by atoms with E-state index < -0.39 is 5.60 Å². The normalized spacial score (nSPS) is 12.1. The summed E-state index contributed by atoms with van der Waals surface area (Å²) < 4.78 is 6.90. The van der Waals surface area contributed by atoms with Crippen molar-refractivity contribution in [3.8, 4) is 6.07 Å². The Balaban J connectivity index is 1.87. The summed E-state index contributed by atoms with van der Waals surface area (Å²) in [7, 11) is 0. The van der Waals surface area contributed by atoms with Gasteiger partial charge in [0, 0.05) is 0 Å². The van der Waals surface area contributed by atoms with E-state index in [9.17, 15) is 5.26 Å². The molecular weight excluding hydrogens is 378 g/mol. The fraction of sp³-hybridized carbons (Fsp3) is 0.138. The largest absolute Gasteiger partial charge is 0.356 e. The SMILES string of the molecule is C[C@@H](C#N)c1ccccc1COC(c1ccccc1)(c1ccccc1)c1ccccc1. The molecule has 4 rings (SSSR count). The molecule has 0 saturated carbocycles. The number of nitrogens with zero attached hydrogens (tertiary/aromatic N) is 1. The molecule has 4 aromatic rings. The Labute approximate surface area is 184 Å². The molecule has 0 amide bonds. The molecule has 0 saturated heterocycles. The van der Waals surface area contributed by atoms with Crippen molar-refractivity contribution >= 4 is 0 Å². The first-order valence-electron chi connectivity index (χ1n) is 10.5. The highest BCUT2D eigenvalue weighted by atomic mass is 16.5. The van der Waals surface area contributed by atoms with Gasteiger partial charge < -0.3 is 4.74 Å². The molecule has 0 aromatic heterocycles. The average Bonchev–Trinajstić information content (AvgIpc) is 2.86. The van der Waals surface area contributed by atoms with Gasteiger partial charge in [-0.3, -0.25) is 0 Å². The van der Waals surface area contributed by atoms with E-state index in [0.717, 1.165) is 27.8 Å². The molecule has 1 atom stereocenters. The van der Waals surface area contributed by atoms with Crippen LogP contribution in [0.3, 0.4) is 0 Å². The predicted molar refractivity (Wildman–Crippen MR) is 124 cm³/mol. The van der Waals surface area contributed by atoms with Crippen LogP contribution < -0.4 is 0 Å². The second kappa shape index (κ2) is 9.43. The molecule has 4 aromatic carbocycles. The second-order valence-electron chi connectivity index (χ2n) is 7.62. The van der Waals surface area contributed by atoms with Crippen molar-refractivity contribution in [1.29, 1.82) is 5.26 Å². The Morgan fingerprint density at radius 2 is 1.10 bits per heavy atom. The standard InChI is InChI=1S/C29H25NO/c1-23(21-30)28-20-12-11-13-24(28)22-31-29(25-14-5-2-6-15-25,26-16-7-3-8-17-26)27-18-9-4-10-19-27/h2-20,23H,22H2,1H3/t23-/m0/s1. The topological polar surface area (TPSA) is 33.0 Å². The lowest BCUT2D eigenvalue weighted by Gasteiger charge is -2.36. The minimum Gasteiger partial charge on any atom is -0.356 e. The maximum Gasteiger partial charge on any atom is 0.144 e. The number of ether oxygens (including phenoxy) is 1. The number of nitriles is 1. The van der Waals surface area contributed by atoms with Crippen molar-refractivity contribution < 1.29 is 4.74 Å². The molecule has 0 spiro atoms. The van der Waals surface area contributed by atoms with Crippen LogP contribution in [0.5, 0.6) is 0 Å². The van der Waals surface area contributed by atoms with Gasteiger partial charge in [0.25, 0.3) is 0 Å². The van der Waals surface area contributed by atoms with Crippen LogP contribution in [0.2, 0.25) is 0 Å².